The first-order chi connectivity index (χ1) is 13.1. The monoisotopic (exact) mass is 400 g/mol. The van der Waals surface area contributed by atoms with Crippen LogP contribution in [0, 0.1) is 0 Å². The van der Waals surface area contributed by atoms with Gasteiger partial charge in [-0.3, -0.25) is 20.1 Å². The van der Waals surface area contributed by atoms with Crippen LogP contribution in [0.4, 0.5) is 0 Å². The zero-order chi connectivity index (χ0) is 19.1. The van der Waals surface area contributed by atoms with E-state index in [1.54, 1.807) is 43.0 Å². The minimum Gasteiger partial charge on any atom is -0.350 e. The van der Waals surface area contributed by atoms with Gasteiger partial charge >= 0.3 is 0 Å². The highest BCUT2D eigenvalue weighted by Gasteiger charge is 2.23. The molecule has 0 saturated carbocycles. The lowest BCUT2D eigenvalue weighted by Crippen LogP contribution is -2.37. The molecule has 5 nitrogen and oxygen atoms in total. The van der Waals surface area contributed by atoms with Gasteiger partial charge in [0, 0.05) is 37.9 Å². The van der Waals surface area contributed by atoms with E-state index in [1.165, 1.54) is 0 Å². The Hall–Kier alpha value is -2.47. The van der Waals surface area contributed by atoms with Gasteiger partial charge < -0.3 is 5.32 Å². The number of rotatable bonds is 7. The fourth-order valence-electron chi connectivity index (χ4n) is 2.60. The minimum absolute atomic E-state index is 0.202. The number of amides is 1. The van der Waals surface area contributed by atoms with Crippen molar-refractivity contribution in [1.29, 1.82) is 0 Å². The van der Waals surface area contributed by atoms with Crippen LogP contribution in [0.5, 0.6) is 0 Å². The van der Waals surface area contributed by atoms with Gasteiger partial charge in [0.2, 0.25) is 5.91 Å². The molecule has 1 unspecified atom stereocenters. The summed E-state index contributed by atoms with van der Waals surface area (Å²) < 4.78 is 0. The van der Waals surface area contributed by atoms with Crippen molar-refractivity contribution in [2.45, 2.75) is 19.1 Å². The van der Waals surface area contributed by atoms with Crippen LogP contribution < -0.4 is 10.6 Å². The molecule has 1 atom stereocenters. The highest BCUT2D eigenvalue weighted by molar-refractivity contribution is 6.42. The molecule has 0 spiro atoms. The number of pyridine rings is 2. The normalized spacial score (nSPS) is 11.8. The number of hydrogen-bond donors (Lipinski definition) is 2. The van der Waals surface area contributed by atoms with E-state index in [9.17, 15) is 4.79 Å². The summed E-state index contributed by atoms with van der Waals surface area (Å²) in [7, 11) is 0. The smallest absolute Gasteiger partial charge is 0.242 e. The van der Waals surface area contributed by atoms with E-state index in [0.717, 1.165) is 11.1 Å². The third kappa shape index (κ3) is 5.26. The number of benzene rings is 1. The van der Waals surface area contributed by atoms with Crippen LogP contribution in [0.15, 0.2) is 67.3 Å². The van der Waals surface area contributed by atoms with Crippen LogP contribution in [-0.4, -0.2) is 15.9 Å². The second-order valence-corrected chi connectivity index (χ2v) is 6.68. The quantitative estimate of drug-likeness (QED) is 0.630. The van der Waals surface area contributed by atoms with E-state index in [-0.39, 0.29) is 5.91 Å². The zero-order valence-corrected chi connectivity index (χ0v) is 15.9. The van der Waals surface area contributed by atoms with Crippen molar-refractivity contribution in [3.63, 3.8) is 0 Å². The van der Waals surface area contributed by atoms with Gasteiger partial charge in [0.1, 0.15) is 6.04 Å². The Labute approximate surface area is 167 Å². The number of carbonyl (C=O) groups is 1. The Kier molecular flexibility index (Phi) is 6.76. The Bertz CT molecular complexity index is 891. The fraction of sp³-hybridized carbons (Fsp3) is 0.150. The lowest BCUT2D eigenvalue weighted by atomic mass is 10.1. The molecule has 27 heavy (non-hydrogen) atoms. The standard InChI is InChI=1S/C20H18Cl2N4O/c21-17-7-1-6-16(18(17)22)19(25-12-14-4-2-8-23-10-14)20(27)26-13-15-5-3-9-24-11-15/h1-11,19,25H,12-13H2,(H,26,27). The SMILES string of the molecule is O=C(NCc1cccnc1)C(NCc1cccnc1)c1cccc(Cl)c1Cl. The van der Waals surface area contributed by atoms with Crippen LogP contribution in [0.25, 0.3) is 0 Å². The Balaban J connectivity index is 1.78. The van der Waals surface area contributed by atoms with Crippen molar-refractivity contribution in [1.82, 2.24) is 20.6 Å². The summed E-state index contributed by atoms with van der Waals surface area (Å²) >= 11 is 12.5. The first-order valence-corrected chi connectivity index (χ1v) is 9.13. The molecular formula is C20H18Cl2N4O. The van der Waals surface area contributed by atoms with Crippen LogP contribution in [-0.2, 0) is 17.9 Å². The second kappa shape index (κ2) is 9.46. The lowest BCUT2D eigenvalue weighted by molar-refractivity contribution is -0.123. The highest BCUT2D eigenvalue weighted by Crippen LogP contribution is 2.30. The largest absolute Gasteiger partial charge is 0.350 e. The maximum absolute atomic E-state index is 12.9. The molecule has 0 saturated heterocycles. The van der Waals surface area contributed by atoms with E-state index in [1.807, 2.05) is 24.3 Å². The van der Waals surface area contributed by atoms with Gasteiger partial charge in [0.25, 0.3) is 0 Å². The minimum atomic E-state index is -0.659. The third-order valence-electron chi connectivity index (χ3n) is 3.98. The predicted molar refractivity (Wildman–Crippen MR) is 106 cm³/mol. The molecule has 0 aliphatic heterocycles. The topological polar surface area (TPSA) is 66.9 Å². The molecule has 0 aliphatic carbocycles. The summed E-state index contributed by atoms with van der Waals surface area (Å²) in [5, 5.41) is 6.93. The van der Waals surface area contributed by atoms with Crippen molar-refractivity contribution in [2.75, 3.05) is 0 Å². The number of halogens is 2. The maximum atomic E-state index is 12.9. The average molecular weight is 401 g/mol. The molecule has 2 N–H and O–H groups in total. The van der Waals surface area contributed by atoms with E-state index in [2.05, 4.69) is 20.6 Å². The van der Waals surface area contributed by atoms with Gasteiger partial charge in [-0.25, -0.2) is 0 Å². The second-order valence-electron chi connectivity index (χ2n) is 5.90. The van der Waals surface area contributed by atoms with Gasteiger partial charge in [-0.1, -0.05) is 47.5 Å². The molecule has 1 amide bonds. The summed E-state index contributed by atoms with van der Waals surface area (Å²) in [6.07, 6.45) is 6.85. The van der Waals surface area contributed by atoms with Gasteiger partial charge in [-0.05, 0) is 34.9 Å². The molecule has 1 aromatic carbocycles. The molecule has 3 aromatic rings. The number of aromatic nitrogens is 2. The highest BCUT2D eigenvalue weighted by atomic mass is 35.5. The molecule has 3 rings (SSSR count). The fourth-order valence-corrected chi connectivity index (χ4v) is 3.02. The van der Waals surface area contributed by atoms with Crippen molar-refractivity contribution in [3.05, 3.63) is 94.0 Å². The molecule has 2 aromatic heterocycles. The van der Waals surface area contributed by atoms with Crippen molar-refractivity contribution < 1.29 is 4.79 Å². The molecule has 138 valence electrons. The van der Waals surface area contributed by atoms with Crippen LogP contribution in [0.2, 0.25) is 10.0 Å². The first-order valence-electron chi connectivity index (χ1n) is 8.38. The summed E-state index contributed by atoms with van der Waals surface area (Å²) in [6.45, 7) is 0.831. The van der Waals surface area contributed by atoms with Gasteiger partial charge in [0.15, 0.2) is 0 Å². The van der Waals surface area contributed by atoms with E-state index in [4.69, 9.17) is 23.2 Å². The van der Waals surface area contributed by atoms with E-state index >= 15 is 0 Å². The van der Waals surface area contributed by atoms with Crippen LogP contribution in [0.1, 0.15) is 22.7 Å². The Morgan fingerprint density at radius 1 is 0.926 bits per heavy atom. The maximum Gasteiger partial charge on any atom is 0.242 e. The summed E-state index contributed by atoms with van der Waals surface area (Å²) in [6, 6.07) is 12.1. The van der Waals surface area contributed by atoms with Crippen molar-refractivity contribution in [3.8, 4) is 0 Å². The molecular weight excluding hydrogens is 383 g/mol. The number of nitrogens with one attached hydrogen (secondary N) is 2. The Morgan fingerprint density at radius 2 is 1.59 bits per heavy atom. The zero-order valence-electron chi connectivity index (χ0n) is 14.4. The van der Waals surface area contributed by atoms with Crippen molar-refractivity contribution in [2.24, 2.45) is 0 Å². The van der Waals surface area contributed by atoms with Gasteiger partial charge in [0.05, 0.1) is 10.0 Å². The van der Waals surface area contributed by atoms with Crippen LogP contribution in [0.3, 0.4) is 0 Å². The van der Waals surface area contributed by atoms with Crippen molar-refractivity contribution >= 4 is 29.1 Å². The lowest BCUT2D eigenvalue weighted by Gasteiger charge is -2.20. The van der Waals surface area contributed by atoms with E-state index < -0.39 is 6.04 Å². The summed E-state index contributed by atoms with van der Waals surface area (Å²) in [5.74, 6) is -0.202. The third-order valence-corrected chi connectivity index (χ3v) is 4.81. The van der Waals surface area contributed by atoms with Crippen LogP contribution >= 0.6 is 23.2 Å². The Morgan fingerprint density at radius 3 is 2.22 bits per heavy atom. The molecule has 0 aliphatic rings. The van der Waals surface area contributed by atoms with Gasteiger partial charge in [-0.2, -0.15) is 0 Å². The molecule has 2 heterocycles. The molecule has 0 radical (unpaired) electrons. The number of carbonyl (C=O) groups excluding carboxylic acids is 1. The van der Waals surface area contributed by atoms with Gasteiger partial charge in [-0.15, -0.1) is 0 Å². The summed E-state index contributed by atoms with van der Waals surface area (Å²) in [4.78, 5) is 21.0. The predicted octanol–water partition coefficient (Wildman–Crippen LogP) is 3.93. The number of nitrogens with zero attached hydrogens (tertiary/aromatic N) is 2. The van der Waals surface area contributed by atoms with E-state index in [0.29, 0.717) is 28.7 Å². The molecule has 0 fully saturated rings. The first kappa shape index (κ1) is 19.3. The molecule has 0 bridgehead atoms. The average Bonchev–Trinajstić information content (AvgIpc) is 2.71. The molecule has 7 heteroatoms. The number of hydrogen-bond acceptors (Lipinski definition) is 4. The summed E-state index contributed by atoms with van der Waals surface area (Å²) in [5.41, 5.74) is 2.49.